The van der Waals surface area contributed by atoms with Crippen molar-refractivity contribution in [1.82, 2.24) is 0 Å². The van der Waals surface area contributed by atoms with E-state index in [-0.39, 0.29) is 6.04 Å². The lowest BCUT2D eigenvalue weighted by atomic mass is 10.1. The van der Waals surface area contributed by atoms with Crippen LogP contribution in [0.1, 0.15) is 17.3 Å². The molecule has 0 fully saturated rings. The molecule has 0 bridgehead atoms. The van der Waals surface area contributed by atoms with Gasteiger partial charge in [-0.05, 0) is 25.1 Å². The smallest absolute Gasteiger partial charge is 0.335 e. The average Bonchev–Trinajstić information content (AvgIpc) is 2.28. The number of rotatable bonds is 3. The van der Waals surface area contributed by atoms with E-state index in [1.54, 1.807) is 12.1 Å². The number of carbonyl (C=O) groups is 1. The summed E-state index contributed by atoms with van der Waals surface area (Å²) < 4.78 is 0. The molecule has 92 valence electrons. The lowest BCUT2D eigenvalue weighted by molar-refractivity contribution is 0.0697. The van der Waals surface area contributed by atoms with Gasteiger partial charge < -0.3 is 21.1 Å². The maximum atomic E-state index is 11.0. The first-order valence-corrected chi connectivity index (χ1v) is 5.69. The van der Waals surface area contributed by atoms with Crippen molar-refractivity contribution in [1.29, 1.82) is 0 Å². The number of aromatic carboxylic acids is 1. The molecule has 0 radical (unpaired) electrons. The van der Waals surface area contributed by atoms with Crippen LogP contribution in [0.5, 0.6) is 0 Å². The zero-order valence-electron chi connectivity index (χ0n) is 9.81. The van der Waals surface area contributed by atoms with Gasteiger partial charge in [0.25, 0.3) is 0 Å². The molecule has 2 rings (SSSR count). The van der Waals surface area contributed by atoms with Gasteiger partial charge in [-0.15, -0.1) is 0 Å². The summed E-state index contributed by atoms with van der Waals surface area (Å²) in [6.07, 6.45) is 0. The Morgan fingerprint density at radius 1 is 1.65 bits per heavy atom. The SMILES string of the molecule is CC(N)CN1CCNc2ccc(C(=O)O)cc21. The molecule has 1 aromatic rings. The van der Waals surface area contributed by atoms with Crippen LogP contribution in [0.25, 0.3) is 0 Å². The molecule has 1 aromatic carbocycles. The van der Waals surface area contributed by atoms with E-state index in [0.29, 0.717) is 5.56 Å². The number of nitrogens with zero attached hydrogens (tertiary/aromatic N) is 1. The maximum absolute atomic E-state index is 11.0. The van der Waals surface area contributed by atoms with Crippen LogP contribution in [-0.4, -0.2) is 36.8 Å². The number of nitrogens with two attached hydrogens (primary N) is 1. The molecule has 5 nitrogen and oxygen atoms in total. The van der Waals surface area contributed by atoms with Crippen LogP contribution in [0, 0.1) is 0 Å². The quantitative estimate of drug-likeness (QED) is 0.727. The highest BCUT2D eigenvalue weighted by Gasteiger charge is 2.18. The van der Waals surface area contributed by atoms with Crippen molar-refractivity contribution in [2.75, 3.05) is 29.9 Å². The lowest BCUT2D eigenvalue weighted by Crippen LogP contribution is -2.41. The molecule has 1 heterocycles. The van der Waals surface area contributed by atoms with Gasteiger partial charge in [-0.1, -0.05) is 0 Å². The topological polar surface area (TPSA) is 78.6 Å². The third-order valence-electron chi connectivity index (χ3n) is 2.79. The van der Waals surface area contributed by atoms with Gasteiger partial charge >= 0.3 is 5.97 Å². The molecule has 1 unspecified atom stereocenters. The summed E-state index contributed by atoms with van der Waals surface area (Å²) in [5.74, 6) is -0.904. The highest BCUT2D eigenvalue weighted by atomic mass is 16.4. The molecule has 4 N–H and O–H groups in total. The molecule has 0 saturated heterocycles. The average molecular weight is 235 g/mol. The van der Waals surface area contributed by atoms with Gasteiger partial charge in [0, 0.05) is 25.7 Å². The van der Waals surface area contributed by atoms with Gasteiger partial charge in [0.05, 0.1) is 16.9 Å². The number of benzene rings is 1. The minimum atomic E-state index is -0.904. The predicted octanol–water partition coefficient (Wildman–Crippen LogP) is 0.964. The molecule has 0 aliphatic carbocycles. The molecular formula is C12H17N3O2. The van der Waals surface area contributed by atoms with E-state index in [1.807, 2.05) is 13.0 Å². The number of carboxylic acid groups (broad SMARTS) is 1. The van der Waals surface area contributed by atoms with Crippen LogP contribution in [0.4, 0.5) is 11.4 Å². The van der Waals surface area contributed by atoms with Crippen molar-refractivity contribution in [2.45, 2.75) is 13.0 Å². The third kappa shape index (κ3) is 2.50. The molecule has 1 aliphatic heterocycles. The van der Waals surface area contributed by atoms with Crippen LogP contribution in [-0.2, 0) is 0 Å². The molecule has 1 aliphatic rings. The fraction of sp³-hybridized carbons (Fsp3) is 0.417. The third-order valence-corrected chi connectivity index (χ3v) is 2.79. The van der Waals surface area contributed by atoms with Gasteiger partial charge in [0.1, 0.15) is 0 Å². The molecule has 0 aromatic heterocycles. The Morgan fingerprint density at radius 3 is 3.06 bits per heavy atom. The molecule has 0 spiro atoms. The number of carboxylic acids is 1. The van der Waals surface area contributed by atoms with Gasteiger partial charge in [-0.25, -0.2) is 4.79 Å². The van der Waals surface area contributed by atoms with Crippen molar-refractivity contribution in [2.24, 2.45) is 5.73 Å². The van der Waals surface area contributed by atoms with Crippen LogP contribution in [0.2, 0.25) is 0 Å². The fourth-order valence-electron chi connectivity index (χ4n) is 2.06. The summed E-state index contributed by atoms with van der Waals surface area (Å²) in [6.45, 7) is 4.38. The zero-order valence-corrected chi connectivity index (χ0v) is 9.81. The van der Waals surface area contributed by atoms with Gasteiger partial charge in [0.15, 0.2) is 0 Å². The summed E-state index contributed by atoms with van der Waals surface area (Å²) in [6, 6.07) is 5.19. The second-order valence-electron chi connectivity index (χ2n) is 4.39. The molecular weight excluding hydrogens is 218 g/mol. The Hall–Kier alpha value is -1.75. The van der Waals surface area contributed by atoms with Crippen molar-refractivity contribution < 1.29 is 9.90 Å². The number of nitrogens with one attached hydrogen (secondary N) is 1. The first kappa shape index (κ1) is 11.7. The molecule has 0 amide bonds. The van der Waals surface area contributed by atoms with Crippen molar-refractivity contribution in [3.63, 3.8) is 0 Å². The Labute approximate surface area is 100 Å². The van der Waals surface area contributed by atoms with E-state index in [1.165, 1.54) is 0 Å². The van der Waals surface area contributed by atoms with Crippen LogP contribution in [0.15, 0.2) is 18.2 Å². The minimum Gasteiger partial charge on any atom is -0.478 e. The summed E-state index contributed by atoms with van der Waals surface area (Å²) in [7, 11) is 0. The van der Waals surface area contributed by atoms with E-state index < -0.39 is 5.97 Å². The number of hydrogen-bond donors (Lipinski definition) is 3. The fourth-order valence-corrected chi connectivity index (χ4v) is 2.06. The maximum Gasteiger partial charge on any atom is 0.335 e. The Balaban J connectivity index is 2.34. The van der Waals surface area contributed by atoms with Gasteiger partial charge in [-0.3, -0.25) is 0 Å². The predicted molar refractivity (Wildman–Crippen MR) is 67.8 cm³/mol. The molecule has 5 heteroatoms. The normalized spacial score (nSPS) is 16.0. The largest absolute Gasteiger partial charge is 0.478 e. The Bertz CT molecular complexity index is 432. The monoisotopic (exact) mass is 235 g/mol. The lowest BCUT2D eigenvalue weighted by Gasteiger charge is -2.33. The highest BCUT2D eigenvalue weighted by Crippen LogP contribution is 2.30. The van der Waals surface area contributed by atoms with Crippen molar-refractivity contribution >= 4 is 17.3 Å². The van der Waals surface area contributed by atoms with Crippen molar-refractivity contribution in [3.05, 3.63) is 23.8 Å². The molecule has 17 heavy (non-hydrogen) atoms. The van der Waals surface area contributed by atoms with Crippen molar-refractivity contribution in [3.8, 4) is 0 Å². The standard InChI is InChI=1S/C12H17N3O2/c1-8(13)7-15-5-4-14-10-3-2-9(12(16)17)6-11(10)15/h2-3,6,8,14H,4-5,7,13H2,1H3,(H,16,17). The van der Waals surface area contributed by atoms with E-state index in [0.717, 1.165) is 31.0 Å². The Morgan fingerprint density at radius 2 is 2.41 bits per heavy atom. The van der Waals surface area contributed by atoms with Crippen LogP contribution >= 0.6 is 0 Å². The highest BCUT2D eigenvalue weighted by molar-refractivity contribution is 5.91. The minimum absolute atomic E-state index is 0.0643. The first-order valence-electron chi connectivity index (χ1n) is 5.69. The number of hydrogen-bond acceptors (Lipinski definition) is 4. The van der Waals surface area contributed by atoms with Gasteiger partial charge in [-0.2, -0.15) is 0 Å². The molecule has 1 atom stereocenters. The second-order valence-corrected chi connectivity index (χ2v) is 4.39. The number of fused-ring (bicyclic) bond motifs is 1. The Kier molecular flexibility index (Phi) is 3.19. The van der Waals surface area contributed by atoms with E-state index in [9.17, 15) is 4.79 Å². The number of anilines is 2. The van der Waals surface area contributed by atoms with E-state index in [2.05, 4.69) is 10.2 Å². The zero-order chi connectivity index (χ0) is 12.4. The second kappa shape index (κ2) is 4.63. The summed E-state index contributed by atoms with van der Waals surface area (Å²) in [5.41, 5.74) is 8.01. The summed E-state index contributed by atoms with van der Waals surface area (Å²) in [5, 5.41) is 12.2. The summed E-state index contributed by atoms with van der Waals surface area (Å²) in [4.78, 5) is 13.1. The van der Waals surface area contributed by atoms with Gasteiger partial charge in [0.2, 0.25) is 0 Å². The van der Waals surface area contributed by atoms with E-state index in [4.69, 9.17) is 10.8 Å². The summed E-state index contributed by atoms with van der Waals surface area (Å²) >= 11 is 0. The first-order chi connectivity index (χ1) is 8.08. The van der Waals surface area contributed by atoms with Crippen LogP contribution < -0.4 is 16.0 Å². The molecule has 0 saturated carbocycles. The van der Waals surface area contributed by atoms with E-state index >= 15 is 0 Å². The van der Waals surface area contributed by atoms with Crippen LogP contribution in [0.3, 0.4) is 0 Å².